The van der Waals surface area contributed by atoms with Crippen LogP contribution < -0.4 is 5.32 Å². The van der Waals surface area contributed by atoms with Gasteiger partial charge in [0, 0.05) is 13.0 Å². The Labute approximate surface area is 96.4 Å². The quantitative estimate of drug-likeness (QED) is 0.824. The first-order valence-electron chi connectivity index (χ1n) is 6.54. The van der Waals surface area contributed by atoms with Gasteiger partial charge < -0.3 is 9.88 Å². The summed E-state index contributed by atoms with van der Waals surface area (Å²) in [6, 6.07) is 0.443. The molecule has 2 aliphatic heterocycles. The molecule has 0 spiro atoms. The van der Waals surface area contributed by atoms with E-state index >= 15 is 0 Å². The van der Waals surface area contributed by atoms with Gasteiger partial charge in [0.1, 0.15) is 11.6 Å². The average Bonchev–Trinajstić information content (AvgIpc) is 2.90. The van der Waals surface area contributed by atoms with Crippen LogP contribution in [0, 0.1) is 5.92 Å². The van der Waals surface area contributed by atoms with E-state index in [4.69, 9.17) is 0 Å². The molecule has 16 heavy (non-hydrogen) atoms. The average molecular weight is 220 g/mol. The zero-order valence-corrected chi connectivity index (χ0v) is 9.95. The van der Waals surface area contributed by atoms with Crippen LogP contribution in [0.15, 0.2) is 0 Å². The topological polar surface area (TPSA) is 42.7 Å². The van der Waals surface area contributed by atoms with Gasteiger partial charge in [-0.15, -0.1) is 10.2 Å². The Balaban J connectivity index is 1.81. The Morgan fingerprint density at radius 3 is 3.25 bits per heavy atom. The van der Waals surface area contributed by atoms with Crippen molar-refractivity contribution in [2.24, 2.45) is 5.92 Å². The van der Waals surface area contributed by atoms with Gasteiger partial charge in [0.05, 0.1) is 6.04 Å². The van der Waals surface area contributed by atoms with Crippen LogP contribution in [-0.2, 0) is 13.0 Å². The lowest BCUT2D eigenvalue weighted by Crippen LogP contribution is -2.33. The first-order chi connectivity index (χ1) is 7.88. The molecule has 0 amide bonds. The minimum absolute atomic E-state index is 0.443. The molecular weight excluding hydrogens is 200 g/mol. The van der Waals surface area contributed by atoms with Crippen LogP contribution in [0.25, 0.3) is 0 Å². The van der Waals surface area contributed by atoms with Crippen molar-refractivity contribution in [3.63, 3.8) is 0 Å². The van der Waals surface area contributed by atoms with Gasteiger partial charge in [0.25, 0.3) is 0 Å². The van der Waals surface area contributed by atoms with Crippen LogP contribution in [0.5, 0.6) is 0 Å². The lowest BCUT2D eigenvalue weighted by molar-refractivity contribution is 0.286. The molecule has 1 fully saturated rings. The van der Waals surface area contributed by atoms with E-state index in [1.54, 1.807) is 0 Å². The standard InChI is InChI=1S/C12H20N4/c1-2-9-5-6-13-10(8-9)12-15-14-11-4-3-7-16(11)12/h9-10,13H,2-8H2,1H3. The van der Waals surface area contributed by atoms with Gasteiger partial charge in [-0.2, -0.15) is 0 Å². The predicted octanol–water partition coefficient (Wildman–Crippen LogP) is 1.68. The van der Waals surface area contributed by atoms with Crippen molar-refractivity contribution in [1.29, 1.82) is 0 Å². The van der Waals surface area contributed by atoms with Crippen LogP contribution in [0.2, 0.25) is 0 Å². The third-order valence-corrected chi connectivity index (χ3v) is 4.04. The maximum atomic E-state index is 4.38. The molecule has 3 heterocycles. The van der Waals surface area contributed by atoms with Crippen molar-refractivity contribution in [2.45, 2.75) is 51.6 Å². The molecule has 0 saturated carbocycles. The zero-order chi connectivity index (χ0) is 11.0. The number of nitrogens with one attached hydrogen (secondary N) is 1. The van der Waals surface area contributed by atoms with E-state index in [1.165, 1.54) is 37.3 Å². The van der Waals surface area contributed by atoms with E-state index in [0.29, 0.717) is 6.04 Å². The second-order valence-electron chi connectivity index (χ2n) is 5.03. The largest absolute Gasteiger partial charge is 0.314 e. The molecule has 0 radical (unpaired) electrons. The smallest absolute Gasteiger partial charge is 0.150 e. The van der Waals surface area contributed by atoms with E-state index in [0.717, 1.165) is 25.4 Å². The fourth-order valence-electron chi connectivity index (χ4n) is 2.99. The molecule has 4 nitrogen and oxygen atoms in total. The molecule has 0 aromatic carbocycles. The van der Waals surface area contributed by atoms with E-state index in [2.05, 4.69) is 27.0 Å². The first kappa shape index (κ1) is 10.3. The van der Waals surface area contributed by atoms with E-state index in [1.807, 2.05) is 0 Å². The summed E-state index contributed by atoms with van der Waals surface area (Å²) in [6.07, 6.45) is 6.18. The van der Waals surface area contributed by atoms with Crippen molar-refractivity contribution in [3.8, 4) is 0 Å². The second kappa shape index (κ2) is 4.17. The predicted molar refractivity (Wildman–Crippen MR) is 62.1 cm³/mol. The zero-order valence-electron chi connectivity index (χ0n) is 9.95. The second-order valence-corrected chi connectivity index (χ2v) is 5.03. The molecular formula is C12H20N4. The van der Waals surface area contributed by atoms with E-state index in [9.17, 15) is 0 Å². The van der Waals surface area contributed by atoms with Crippen molar-refractivity contribution < 1.29 is 0 Å². The third kappa shape index (κ3) is 1.65. The number of aryl methyl sites for hydroxylation is 1. The Morgan fingerprint density at radius 2 is 2.38 bits per heavy atom. The van der Waals surface area contributed by atoms with Crippen LogP contribution in [0.3, 0.4) is 0 Å². The number of hydrogen-bond donors (Lipinski definition) is 1. The van der Waals surface area contributed by atoms with Crippen LogP contribution in [0.1, 0.15) is 50.3 Å². The van der Waals surface area contributed by atoms with Gasteiger partial charge in [-0.3, -0.25) is 0 Å². The summed E-state index contributed by atoms with van der Waals surface area (Å²) in [6.45, 7) is 4.54. The van der Waals surface area contributed by atoms with Crippen LogP contribution >= 0.6 is 0 Å². The maximum Gasteiger partial charge on any atom is 0.150 e. The lowest BCUT2D eigenvalue weighted by Gasteiger charge is -2.29. The molecule has 0 bridgehead atoms. The van der Waals surface area contributed by atoms with Crippen molar-refractivity contribution >= 4 is 0 Å². The van der Waals surface area contributed by atoms with Crippen molar-refractivity contribution in [2.75, 3.05) is 6.54 Å². The summed E-state index contributed by atoms with van der Waals surface area (Å²) >= 11 is 0. The summed E-state index contributed by atoms with van der Waals surface area (Å²) in [5, 5.41) is 12.3. The van der Waals surface area contributed by atoms with Crippen molar-refractivity contribution in [3.05, 3.63) is 11.6 Å². The van der Waals surface area contributed by atoms with Gasteiger partial charge >= 0.3 is 0 Å². The van der Waals surface area contributed by atoms with Gasteiger partial charge in [0.2, 0.25) is 0 Å². The minimum Gasteiger partial charge on any atom is -0.314 e. The molecule has 4 heteroatoms. The van der Waals surface area contributed by atoms with Gasteiger partial charge in [-0.1, -0.05) is 13.3 Å². The summed E-state index contributed by atoms with van der Waals surface area (Å²) in [4.78, 5) is 0. The Hall–Kier alpha value is -0.900. The Kier molecular flexibility index (Phi) is 2.67. The number of aromatic nitrogens is 3. The van der Waals surface area contributed by atoms with Crippen LogP contribution in [-0.4, -0.2) is 21.3 Å². The lowest BCUT2D eigenvalue weighted by atomic mass is 9.90. The molecule has 1 saturated heterocycles. The normalized spacial score (nSPS) is 29.3. The van der Waals surface area contributed by atoms with E-state index < -0.39 is 0 Å². The first-order valence-corrected chi connectivity index (χ1v) is 6.54. The maximum absolute atomic E-state index is 4.38. The summed E-state index contributed by atoms with van der Waals surface area (Å²) in [5.41, 5.74) is 0. The number of nitrogens with zero attached hydrogens (tertiary/aromatic N) is 3. The van der Waals surface area contributed by atoms with Gasteiger partial charge in [-0.05, 0) is 31.7 Å². The number of piperidine rings is 1. The summed E-state index contributed by atoms with van der Waals surface area (Å²) < 4.78 is 2.33. The SMILES string of the molecule is CCC1CCNC(c2nnc3n2CCC3)C1. The number of fused-ring (bicyclic) bond motifs is 1. The highest BCUT2D eigenvalue weighted by atomic mass is 15.3. The summed E-state index contributed by atoms with van der Waals surface area (Å²) in [5.74, 6) is 3.24. The highest BCUT2D eigenvalue weighted by Gasteiger charge is 2.28. The molecule has 2 atom stereocenters. The third-order valence-electron chi connectivity index (χ3n) is 4.04. The molecule has 1 aromatic heterocycles. The highest BCUT2D eigenvalue weighted by molar-refractivity contribution is 5.06. The molecule has 0 aliphatic carbocycles. The fourth-order valence-corrected chi connectivity index (χ4v) is 2.99. The fraction of sp³-hybridized carbons (Fsp3) is 0.833. The molecule has 2 unspecified atom stereocenters. The molecule has 2 aliphatic rings. The Morgan fingerprint density at radius 1 is 1.44 bits per heavy atom. The van der Waals surface area contributed by atoms with Crippen LogP contribution in [0.4, 0.5) is 0 Å². The number of rotatable bonds is 2. The molecule has 3 rings (SSSR count). The molecule has 88 valence electrons. The minimum atomic E-state index is 0.443. The summed E-state index contributed by atoms with van der Waals surface area (Å²) in [7, 11) is 0. The monoisotopic (exact) mass is 220 g/mol. The number of hydrogen-bond acceptors (Lipinski definition) is 3. The Bertz CT molecular complexity index is 371. The van der Waals surface area contributed by atoms with Gasteiger partial charge in [-0.25, -0.2) is 0 Å². The molecule has 1 N–H and O–H groups in total. The highest BCUT2D eigenvalue weighted by Crippen LogP contribution is 2.29. The van der Waals surface area contributed by atoms with Crippen molar-refractivity contribution in [1.82, 2.24) is 20.1 Å². The molecule has 1 aromatic rings. The van der Waals surface area contributed by atoms with Gasteiger partial charge in [0.15, 0.2) is 0 Å². The van der Waals surface area contributed by atoms with E-state index in [-0.39, 0.29) is 0 Å².